The average Bonchev–Trinajstić information content (AvgIpc) is 2.90. The molecule has 0 spiro atoms. The van der Waals surface area contributed by atoms with Gasteiger partial charge in [-0.05, 0) is 31.1 Å². The molecule has 0 aliphatic heterocycles. The van der Waals surface area contributed by atoms with Crippen molar-refractivity contribution in [1.82, 2.24) is 0 Å². The van der Waals surface area contributed by atoms with Gasteiger partial charge < -0.3 is 4.74 Å². The summed E-state index contributed by atoms with van der Waals surface area (Å²) in [6.07, 6.45) is 8.13. The Hall–Kier alpha value is -1.12. The average molecular weight is 222 g/mol. The minimum Gasteiger partial charge on any atom is -0.469 e. The number of carbonyl (C=O) groups is 2. The first-order chi connectivity index (χ1) is 7.70. The van der Waals surface area contributed by atoms with Crippen LogP contribution in [0.5, 0.6) is 0 Å². The molecule has 2 rings (SSSR count). The zero-order valence-corrected chi connectivity index (χ0v) is 9.65. The fraction of sp³-hybridized carbons (Fsp3) is 0.692. The van der Waals surface area contributed by atoms with Crippen molar-refractivity contribution in [2.24, 2.45) is 17.8 Å². The maximum absolute atomic E-state index is 11.9. The van der Waals surface area contributed by atoms with E-state index in [2.05, 4.69) is 16.9 Å². The van der Waals surface area contributed by atoms with Gasteiger partial charge in [0.1, 0.15) is 5.78 Å². The van der Waals surface area contributed by atoms with Gasteiger partial charge >= 0.3 is 5.97 Å². The lowest BCUT2D eigenvalue weighted by atomic mass is 9.87. The molecule has 2 aliphatic carbocycles. The molecule has 0 heterocycles. The van der Waals surface area contributed by atoms with E-state index in [1.807, 2.05) is 0 Å². The lowest BCUT2D eigenvalue weighted by Gasteiger charge is -2.16. The lowest BCUT2D eigenvalue weighted by Crippen LogP contribution is -2.19. The number of carbonyl (C=O) groups excluding carboxylic acids is 2. The first-order valence-electron chi connectivity index (χ1n) is 5.98. The van der Waals surface area contributed by atoms with Crippen LogP contribution in [0, 0.1) is 17.8 Å². The van der Waals surface area contributed by atoms with E-state index in [4.69, 9.17) is 0 Å². The van der Waals surface area contributed by atoms with Crippen LogP contribution in [0.2, 0.25) is 0 Å². The number of allylic oxidation sites excluding steroid dienone is 2. The summed E-state index contributed by atoms with van der Waals surface area (Å²) in [6, 6.07) is 0. The summed E-state index contributed by atoms with van der Waals surface area (Å²) in [6.45, 7) is 0. The van der Waals surface area contributed by atoms with Gasteiger partial charge in [0, 0.05) is 18.8 Å². The van der Waals surface area contributed by atoms with Crippen molar-refractivity contribution >= 4 is 11.8 Å². The van der Waals surface area contributed by atoms with Crippen molar-refractivity contribution in [1.29, 1.82) is 0 Å². The van der Waals surface area contributed by atoms with E-state index in [0.29, 0.717) is 36.9 Å². The van der Waals surface area contributed by atoms with Gasteiger partial charge in [0.15, 0.2) is 0 Å². The van der Waals surface area contributed by atoms with E-state index in [-0.39, 0.29) is 11.9 Å². The SMILES string of the molecule is COC(=O)CCCC(=O)C1CC2C=CC1C2. The fourth-order valence-corrected chi connectivity index (χ4v) is 2.85. The van der Waals surface area contributed by atoms with Crippen LogP contribution in [-0.4, -0.2) is 18.9 Å². The largest absolute Gasteiger partial charge is 0.469 e. The molecule has 1 fully saturated rings. The number of rotatable bonds is 5. The summed E-state index contributed by atoms with van der Waals surface area (Å²) in [5, 5.41) is 0. The zero-order chi connectivity index (χ0) is 11.5. The second-order valence-corrected chi connectivity index (χ2v) is 4.78. The van der Waals surface area contributed by atoms with Gasteiger partial charge in [-0.2, -0.15) is 0 Å². The Morgan fingerprint density at radius 2 is 2.06 bits per heavy atom. The van der Waals surface area contributed by atoms with Gasteiger partial charge in [-0.3, -0.25) is 9.59 Å². The summed E-state index contributed by atoms with van der Waals surface area (Å²) in [5.74, 6) is 1.46. The molecule has 3 heteroatoms. The van der Waals surface area contributed by atoms with Crippen LogP contribution < -0.4 is 0 Å². The number of hydrogen-bond donors (Lipinski definition) is 0. The summed E-state index contributed by atoms with van der Waals surface area (Å²) in [4.78, 5) is 22.8. The third-order valence-corrected chi connectivity index (χ3v) is 3.72. The number of Topliss-reactive ketones (excluding diaryl/α,β-unsaturated/α-hetero) is 1. The molecule has 1 saturated carbocycles. The molecule has 3 atom stereocenters. The molecule has 3 nitrogen and oxygen atoms in total. The molecule has 0 radical (unpaired) electrons. The maximum Gasteiger partial charge on any atom is 0.305 e. The number of ketones is 1. The molecule has 0 aromatic carbocycles. The van der Waals surface area contributed by atoms with Crippen LogP contribution in [0.25, 0.3) is 0 Å². The van der Waals surface area contributed by atoms with Crippen LogP contribution in [0.15, 0.2) is 12.2 Å². The third-order valence-electron chi connectivity index (χ3n) is 3.72. The van der Waals surface area contributed by atoms with E-state index >= 15 is 0 Å². The normalized spacial score (nSPS) is 30.7. The highest BCUT2D eigenvalue weighted by molar-refractivity contribution is 5.82. The topological polar surface area (TPSA) is 43.4 Å². The van der Waals surface area contributed by atoms with Gasteiger partial charge in [-0.15, -0.1) is 0 Å². The molecule has 2 bridgehead atoms. The number of methoxy groups -OCH3 is 1. The predicted octanol–water partition coefficient (Wildman–Crippen LogP) is 2.11. The molecule has 3 unspecified atom stereocenters. The number of fused-ring (bicyclic) bond motifs is 2. The fourth-order valence-electron chi connectivity index (χ4n) is 2.85. The molecule has 88 valence electrons. The Kier molecular flexibility index (Phi) is 3.42. The molecular formula is C13H18O3. The minimum absolute atomic E-state index is 0.222. The van der Waals surface area contributed by atoms with Crippen molar-refractivity contribution in [2.75, 3.05) is 7.11 Å². The molecule has 2 aliphatic rings. The van der Waals surface area contributed by atoms with E-state index in [9.17, 15) is 9.59 Å². The zero-order valence-electron chi connectivity index (χ0n) is 9.65. The number of esters is 1. The molecule has 0 amide bonds. The van der Waals surface area contributed by atoms with Gasteiger partial charge in [-0.25, -0.2) is 0 Å². The van der Waals surface area contributed by atoms with Crippen LogP contribution in [0.1, 0.15) is 32.1 Å². The van der Waals surface area contributed by atoms with Crippen molar-refractivity contribution in [3.8, 4) is 0 Å². The smallest absolute Gasteiger partial charge is 0.305 e. The monoisotopic (exact) mass is 222 g/mol. The van der Waals surface area contributed by atoms with E-state index in [0.717, 1.165) is 12.8 Å². The quantitative estimate of drug-likeness (QED) is 0.528. The van der Waals surface area contributed by atoms with E-state index in [1.54, 1.807) is 0 Å². The van der Waals surface area contributed by atoms with Gasteiger partial charge in [0.25, 0.3) is 0 Å². The molecule has 0 aromatic rings. The standard InChI is InChI=1S/C13H18O3/c1-16-13(15)4-2-3-12(14)11-8-9-5-6-10(11)7-9/h5-6,9-11H,2-4,7-8H2,1H3. The minimum atomic E-state index is -0.222. The Morgan fingerprint density at radius 1 is 1.25 bits per heavy atom. The van der Waals surface area contributed by atoms with Gasteiger partial charge in [0.05, 0.1) is 7.11 Å². The second kappa shape index (κ2) is 4.81. The van der Waals surface area contributed by atoms with Crippen molar-refractivity contribution in [3.05, 3.63) is 12.2 Å². The van der Waals surface area contributed by atoms with Crippen molar-refractivity contribution < 1.29 is 14.3 Å². The van der Waals surface area contributed by atoms with Gasteiger partial charge in [-0.1, -0.05) is 12.2 Å². The van der Waals surface area contributed by atoms with Crippen LogP contribution in [-0.2, 0) is 14.3 Å². The highest BCUT2D eigenvalue weighted by Gasteiger charge is 2.38. The second-order valence-electron chi connectivity index (χ2n) is 4.78. The predicted molar refractivity (Wildman–Crippen MR) is 59.7 cm³/mol. The first kappa shape index (κ1) is 11.4. The Balaban J connectivity index is 1.73. The highest BCUT2D eigenvalue weighted by Crippen LogP contribution is 2.44. The van der Waals surface area contributed by atoms with E-state index < -0.39 is 0 Å². The Morgan fingerprint density at radius 3 is 2.62 bits per heavy atom. The number of ether oxygens (including phenoxy) is 1. The maximum atomic E-state index is 11.9. The van der Waals surface area contributed by atoms with Crippen LogP contribution in [0.3, 0.4) is 0 Å². The molecule has 0 N–H and O–H groups in total. The molecule has 0 saturated heterocycles. The van der Waals surface area contributed by atoms with Crippen LogP contribution in [0.4, 0.5) is 0 Å². The van der Waals surface area contributed by atoms with Crippen LogP contribution >= 0.6 is 0 Å². The van der Waals surface area contributed by atoms with Gasteiger partial charge in [0.2, 0.25) is 0 Å². The first-order valence-corrected chi connectivity index (χ1v) is 5.98. The third kappa shape index (κ3) is 2.34. The molecule has 16 heavy (non-hydrogen) atoms. The molecular weight excluding hydrogens is 204 g/mol. The summed E-state index contributed by atoms with van der Waals surface area (Å²) in [5.41, 5.74) is 0. The number of hydrogen-bond acceptors (Lipinski definition) is 3. The lowest BCUT2D eigenvalue weighted by molar-refractivity contribution is -0.140. The summed E-state index contributed by atoms with van der Waals surface area (Å²) in [7, 11) is 1.38. The summed E-state index contributed by atoms with van der Waals surface area (Å²) < 4.78 is 4.55. The molecule has 0 aromatic heterocycles. The summed E-state index contributed by atoms with van der Waals surface area (Å²) >= 11 is 0. The Labute approximate surface area is 95.9 Å². The van der Waals surface area contributed by atoms with Crippen molar-refractivity contribution in [3.63, 3.8) is 0 Å². The van der Waals surface area contributed by atoms with E-state index in [1.165, 1.54) is 7.11 Å². The Bertz CT molecular complexity index is 319. The highest BCUT2D eigenvalue weighted by atomic mass is 16.5. The van der Waals surface area contributed by atoms with Crippen molar-refractivity contribution in [2.45, 2.75) is 32.1 Å².